The first-order valence-electron chi connectivity index (χ1n) is 6.80. The number of pyridine rings is 1. The largest absolute Gasteiger partial charge is 0.398 e. The fraction of sp³-hybridized carbons (Fsp3) is 0.400. The minimum Gasteiger partial charge on any atom is -0.398 e. The van der Waals surface area contributed by atoms with Gasteiger partial charge in [-0.05, 0) is 31.0 Å². The molecule has 1 heterocycles. The molecule has 4 heteroatoms. The number of aliphatic hydroxyl groups is 1. The molecule has 0 spiro atoms. The third kappa shape index (κ3) is 2.36. The first-order valence-corrected chi connectivity index (χ1v) is 6.80. The lowest BCUT2D eigenvalue weighted by Gasteiger charge is -2.17. The topological polar surface area (TPSA) is 71.2 Å². The number of nitrogens with two attached hydrogens (primary N) is 1. The Morgan fingerprint density at radius 1 is 1.26 bits per heavy atom. The number of aliphatic hydroxyl groups excluding tert-OH is 1. The van der Waals surface area contributed by atoms with Crippen molar-refractivity contribution in [2.24, 2.45) is 5.92 Å². The summed E-state index contributed by atoms with van der Waals surface area (Å²) in [6, 6.07) is 5.87. The summed E-state index contributed by atoms with van der Waals surface area (Å²) in [5, 5.41) is 15.4. The van der Waals surface area contributed by atoms with E-state index in [0.29, 0.717) is 5.92 Å². The molecule has 2 aromatic rings. The van der Waals surface area contributed by atoms with Crippen LogP contribution in [0.2, 0.25) is 0 Å². The quantitative estimate of drug-likeness (QED) is 0.738. The van der Waals surface area contributed by atoms with Gasteiger partial charge in [-0.2, -0.15) is 0 Å². The van der Waals surface area contributed by atoms with Gasteiger partial charge in [-0.25, -0.2) is 0 Å². The fourth-order valence-electron chi connectivity index (χ4n) is 2.86. The van der Waals surface area contributed by atoms with Gasteiger partial charge in [-0.1, -0.05) is 6.42 Å². The summed E-state index contributed by atoms with van der Waals surface area (Å²) in [4.78, 5) is 4.12. The van der Waals surface area contributed by atoms with Gasteiger partial charge in [0.05, 0.1) is 6.10 Å². The number of fused-ring (bicyclic) bond motifs is 1. The molecule has 0 bridgehead atoms. The number of hydrogen-bond donors (Lipinski definition) is 3. The Morgan fingerprint density at radius 3 is 2.95 bits per heavy atom. The molecule has 0 radical (unpaired) electrons. The molecule has 3 rings (SSSR count). The first kappa shape index (κ1) is 12.2. The molecule has 4 N–H and O–H groups in total. The molecule has 0 aliphatic heterocycles. The molecule has 0 amide bonds. The molecule has 1 fully saturated rings. The van der Waals surface area contributed by atoms with Crippen molar-refractivity contribution in [1.29, 1.82) is 0 Å². The van der Waals surface area contributed by atoms with Gasteiger partial charge in [0, 0.05) is 47.0 Å². The third-order valence-corrected chi connectivity index (χ3v) is 4.03. The summed E-state index contributed by atoms with van der Waals surface area (Å²) in [5.74, 6) is 0.356. The van der Waals surface area contributed by atoms with E-state index in [4.69, 9.17) is 5.73 Å². The van der Waals surface area contributed by atoms with Gasteiger partial charge in [0.2, 0.25) is 0 Å². The lowest BCUT2D eigenvalue weighted by molar-refractivity contribution is 0.138. The molecule has 1 aliphatic carbocycles. The maximum atomic E-state index is 9.85. The van der Waals surface area contributed by atoms with Crippen molar-refractivity contribution in [1.82, 2.24) is 4.98 Å². The van der Waals surface area contributed by atoms with Crippen molar-refractivity contribution >= 4 is 22.1 Å². The standard InChI is InChI=1S/C15H19N3O/c16-13-4-5-14(11-6-7-17-9-12(11)13)18-8-10-2-1-3-15(10)19/h4-7,9-10,15,18-19H,1-3,8,16H2. The normalized spacial score (nSPS) is 22.8. The Kier molecular flexibility index (Phi) is 3.25. The van der Waals surface area contributed by atoms with Gasteiger partial charge in [0.25, 0.3) is 0 Å². The smallest absolute Gasteiger partial charge is 0.0585 e. The first-order chi connectivity index (χ1) is 9.25. The van der Waals surface area contributed by atoms with E-state index < -0.39 is 0 Å². The van der Waals surface area contributed by atoms with Crippen molar-refractivity contribution in [2.75, 3.05) is 17.6 Å². The van der Waals surface area contributed by atoms with Crippen LogP contribution in [0.5, 0.6) is 0 Å². The van der Waals surface area contributed by atoms with Gasteiger partial charge in [-0.15, -0.1) is 0 Å². The highest BCUT2D eigenvalue weighted by atomic mass is 16.3. The predicted molar refractivity (Wildman–Crippen MR) is 78.0 cm³/mol. The average molecular weight is 257 g/mol. The highest BCUT2D eigenvalue weighted by Gasteiger charge is 2.24. The summed E-state index contributed by atoms with van der Waals surface area (Å²) in [7, 11) is 0. The van der Waals surface area contributed by atoms with Gasteiger partial charge >= 0.3 is 0 Å². The Labute approximate surface area is 112 Å². The molecular weight excluding hydrogens is 238 g/mol. The summed E-state index contributed by atoms with van der Waals surface area (Å²) in [6.45, 7) is 0.808. The summed E-state index contributed by atoms with van der Waals surface area (Å²) in [6.07, 6.45) is 6.56. The van der Waals surface area contributed by atoms with Crippen molar-refractivity contribution in [3.05, 3.63) is 30.6 Å². The zero-order chi connectivity index (χ0) is 13.2. The van der Waals surface area contributed by atoms with E-state index in [1.165, 1.54) is 0 Å². The number of benzene rings is 1. The van der Waals surface area contributed by atoms with E-state index in [2.05, 4.69) is 10.3 Å². The molecule has 1 aliphatic rings. The van der Waals surface area contributed by atoms with Crippen LogP contribution >= 0.6 is 0 Å². The summed E-state index contributed by atoms with van der Waals surface area (Å²) < 4.78 is 0. The van der Waals surface area contributed by atoms with Crippen LogP contribution in [0.3, 0.4) is 0 Å². The van der Waals surface area contributed by atoms with Crippen LogP contribution in [0.25, 0.3) is 10.8 Å². The highest BCUT2D eigenvalue weighted by molar-refractivity contribution is 6.00. The molecule has 1 aromatic heterocycles. The van der Waals surface area contributed by atoms with E-state index in [-0.39, 0.29) is 6.10 Å². The van der Waals surface area contributed by atoms with Crippen LogP contribution in [0, 0.1) is 5.92 Å². The minimum absolute atomic E-state index is 0.158. The van der Waals surface area contributed by atoms with Gasteiger partial charge in [-0.3, -0.25) is 4.98 Å². The zero-order valence-corrected chi connectivity index (χ0v) is 10.8. The highest BCUT2D eigenvalue weighted by Crippen LogP contribution is 2.30. The molecule has 1 saturated carbocycles. The Balaban J connectivity index is 1.83. The monoisotopic (exact) mass is 257 g/mol. The number of rotatable bonds is 3. The number of nitrogens with one attached hydrogen (secondary N) is 1. The van der Waals surface area contributed by atoms with Crippen LogP contribution < -0.4 is 11.1 Å². The summed E-state index contributed by atoms with van der Waals surface area (Å²) in [5.41, 5.74) is 7.76. The van der Waals surface area contributed by atoms with E-state index in [9.17, 15) is 5.11 Å². The molecular formula is C15H19N3O. The summed E-state index contributed by atoms with van der Waals surface area (Å²) >= 11 is 0. The predicted octanol–water partition coefficient (Wildman–Crippen LogP) is 2.39. The number of hydrogen-bond acceptors (Lipinski definition) is 4. The van der Waals surface area contributed by atoms with E-state index in [0.717, 1.165) is 48.0 Å². The van der Waals surface area contributed by atoms with Crippen LogP contribution in [-0.4, -0.2) is 22.7 Å². The molecule has 19 heavy (non-hydrogen) atoms. The van der Waals surface area contributed by atoms with E-state index >= 15 is 0 Å². The molecule has 2 unspecified atom stereocenters. The third-order valence-electron chi connectivity index (χ3n) is 4.03. The number of nitrogens with zero attached hydrogens (tertiary/aromatic N) is 1. The van der Waals surface area contributed by atoms with Crippen molar-refractivity contribution in [3.8, 4) is 0 Å². The van der Waals surface area contributed by atoms with Crippen LogP contribution in [0.1, 0.15) is 19.3 Å². The molecule has 2 atom stereocenters. The SMILES string of the molecule is Nc1ccc(NCC2CCCC2O)c2ccncc12. The molecule has 100 valence electrons. The number of nitrogen functional groups attached to an aromatic ring is 1. The maximum Gasteiger partial charge on any atom is 0.0585 e. The van der Waals surface area contributed by atoms with Crippen LogP contribution in [0.4, 0.5) is 11.4 Å². The Morgan fingerprint density at radius 2 is 2.16 bits per heavy atom. The minimum atomic E-state index is -0.158. The van der Waals surface area contributed by atoms with Crippen molar-refractivity contribution in [3.63, 3.8) is 0 Å². The Hall–Kier alpha value is -1.81. The molecule has 1 aromatic carbocycles. The average Bonchev–Trinajstić information content (AvgIpc) is 2.84. The lowest BCUT2D eigenvalue weighted by atomic mass is 10.1. The maximum absolute atomic E-state index is 9.85. The second-order valence-electron chi connectivity index (χ2n) is 5.26. The number of aromatic nitrogens is 1. The van der Waals surface area contributed by atoms with Crippen molar-refractivity contribution < 1.29 is 5.11 Å². The Bertz CT molecular complexity index is 585. The van der Waals surface area contributed by atoms with Crippen molar-refractivity contribution in [2.45, 2.75) is 25.4 Å². The molecule has 4 nitrogen and oxygen atoms in total. The number of anilines is 2. The second kappa shape index (κ2) is 5.05. The second-order valence-corrected chi connectivity index (χ2v) is 5.26. The van der Waals surface area contributed by atoms with E-state index in [1.54, 1.807) is 12.4 Å². The van der Waals surface area contributed by atoms with Crippen LogP contribution in [-0.2, 0) is 0 Å². The van der Waals surface area contributed by atoms with Gasteiger partial charge in [0.1, 0.15) is 0 Å². The fourth-order valence-corrected chi connectivity index (χ4v) is 2.86. The van der Waals surface area contributed by atoms with Crippen LogP contribution in [0.15, 0.2) is 30.6 Å². The lowest BCUT2D eigenvalue weighted by Crippen LogP contribution is -2.22. The zero-order valence-electron chi connectivity index (χ0n) is 10.8. The van der Waals surface area contributed by atoms with E-state index in [1.807, 2.05) is 18.2 Å². The van der Waals surface area contributed by atoms with Gasteiger partial charge < -0.3 is 16.2 Å². The van der Waals surface area contributed by atoms with Gasteiger partial charge in [0.15, 0.2) is 0 Å². The molecule has 0 saturated heterocycles.